The Bertz CT molecular complexity index is 1340. The molecule has 0 spiro atoms. The first-order valence-corrected chi connectivity index (χ1v) is 12.7. The average Bonchev–Trinajstić information content (AvgIpc) is 3.09. The minimum Gasteiger partial charge on any atom is -0.480 e. The van der Waals surface area contributed by atoms with Crippen molar-refractivity contribution in [1.82, 2.24) is 4.90 Å². The maximum atomic E-state index is 12.8. The molecule has 0 saturated carbocycles. The van der Waals surface area contributed by atoms with Gasteiger partial charge in [-0.25, -0.2) is 17.5 Å². The number of benzene rings is 3. The van der Waals surface area contributed by atoms with E-state index < -0.39 is 22.0 Å². The smallest absolute Gasteiger partial charge is 0.326 e. The summed E-state index contributed by atoms with van der Waals surface area (Å²) in [6.07, 6.45) is 1.17. The summed E-state index contributed by atoms with van der Waals surface area (Å²) in [5, 5.41) is 9.60. The molecule has 3 aromatic rings. The number of fused-ring (bicyclic) bond motifs is 1. The van der Waals surface area contributed by atoms with Gasteiger partial charge in [0, 0.05) is 12.1 Å². The molecule has 0 bridgehead atoms. The van der Waals surface area contributed by atoms with Crippen LogP contribution in [0.3, 0.4) is 0 Å². The molecule has 0 fully saturated rings. The SMILES string of the molecule is CC(C)[C@@H](C(=O)O)N1Cc2cc(-c3ccc(N(c4ccccc4)S(C)(=O)=O)cc3)ccc2C1=O. The number of para-hydroxylation sites is 1. The highest BCUT2D eigenvalue weighted by Crippen LogP contribution is 2.33. The number of anilines is 2. The number of hydrogen-bond acceptors (Lipinski definition) is 4. The summed E-state index contributed by atoms with van der Waals surface area (Å²) in [7, 11) is -3.55. The average molecular weight is 479 g/mol. The van der Waals surface area contributed by atoms with Crippen LogP contribution < -0.4 is 4.31 Å². The number of aliphatic carboxylic acids is 1. The van der Waals surface area contributed by atoms with E-state index in [1.165, 1.54) is 15.5 Å². The van der Waals surface area contributed by atoms with Crippen LogP contribution in [-0.4, -0.2) is 42.6 Å². The topological polar surface area (TPSA) is 95.0 Å². The van der Waals surface area contributed by atoms with E-state index >= 15 is 0 Å². The van der Waals surface area contributed by atoms with Gasteiger partial charge in [0.15, 0.2) is 0 Å². The van der Waals surface area contributed by atoms with Crippen LogP contribution in [0.4, 0.5) is 11.4 Å². The lowest BCUT2D eigenvalue weighted by atomic mass is 10.0. The molecular formula is C26H26N2O5S. The van der Waals surface area contributed by atoms with Gasteiger partial charge in [-0.05, 0) is 59.0 Å². The maximum Gasteiger partial charge on any atom is 0.326 e. The van der Waals surface area contributed by atoms with Crippen molar-refractivity contribution in [2.24, 2.45) is 5.92 Å². The zero-order valence-corrected chi connectivity index (χ0v) is 20.0. The van der Waals surface area contributed by atoms with Crippen molar-refractivity contribution in [2.75, 3.05) is 10.6 Å². The van der Waals surface area contributed by atoms with Gasteiger partial charge in [-0.2, -0.15) is 0 Å². The molecule has 0 aromatic heterocycles. The third-order valence-corrected chi connectivity index (χ3v) is 7.00. The molecule has 34 heavy (non-hydrogen) atoms. The Morgan fingerprint density at radius 1 is 0.941 bits per heavy atom. The number of nitrogens with zero attached hydrogens (tertiary/aromatic N) is 2. The molecular weight excluding hydrogens is 452 g/mol. The fourth-order valence-electron chi connectivity index (χ4n) is 4.41. The zero-order valence-electron chi connectivity index (χ0n) is 19.2. The highest BCUT2D eigenvalue weighted by Gasteiger charge is 2.38. The summed E-state index contributed by atoms with van der Waals surface area (Å²) in [4.78, 5) is 26.0. The first kappa shape index (κ1) is 23.5. The number of amides is 1. The first-order valence-electron chi connectivity index (χ1n) is 10.9. The van der Waals surface area contributed by atoms with Crippen molar-refractivity contribution >= 4 is 33.3 Å². The normalized spacial score (nSPS) is 14.2. The van der Waals surface area contributed by atoms with E-state index in [1.54, 1.807) is 56.3 Å². The van der Waals surface area contributed by atoms with Crippen molar-refractivity contribution in [3.8, 4) is 11.1 Å². The lowest BCUT2D eigenvalue weighted by Gasteiger charge is -2.27. The fourth-order valence-corrected chi connectivity index (χ4v) is 5.42. The van der Waals surface area contributed by atoms with Crippen molar-refractivity contribution in [3.63, 3.8) is 0 Å². The number of carboxylic acids is 1. The minimum absolute atomic E-state index is 0.217. The van der Waals surface area contributed by atoms with E-state index in [-0.39, 0.29) is 18.4 Å². The maximum absolute atomic E-state index is 12.8. The van der Waals surface area contributed by atoms with Gasteiger partial charge in [0.1, 0.15) is 6.04 Å². The molecule has 8 heteroatoms. The predicted molar refractivity (Wildman–Crippen MR) is 131 cm³/mol. The second-order valence-electron chi connectivity index (χ2n) is 8.74. The van der Waals surface area contributed by atoms with Crippen molar-refractivity contribution in [2.45, 2.75) is 26.4 Å². The summed E-state index contributed by atoms with van der Waals surface area (Å²) in [6.45, 7) is 3.82. The quantitative estimate of drug-likeness (QED) is 0.539. The van der Waals surface area contributed by atoms with E-state index in [0.29, 0.717) is 16.9 Å². The number of carboxylic acid groups (broad SMARTS) is 1. The van der Waals surface area contributed by atoms with Crippen LogP contribution in [-0.2, 0) is 21.4 Å². The third kappa shape index (κ3) is 4.41. The molecule has 0 aliphatic carbocycles. The van der Waals surface area contributed by atoms with Crippen LogP contribution in [0.15, 0.2) is 72.8 Å². The Balaban J connectivity index is 1.64. The molecule has 0 unspecified atom stereocenters. The van der Waals surface area contributed by atoms with E-state index in [4.69, 9.17) is 0 Å². The Labute approximate surface area is 199 Å². The first-order chi connectivity index (χ1) is 16.1. The monoisotopic (exact) mass is 478 g/mol. The molecule has 1 heterocycles. The molecule has 1 N–H and O–H groups in total. The summed E-state index contributed by atoms with van der Waals surface area (Å²) in [6, 6.07) is 20.6. The van der Waals surface area contributed by atoms with Gasteiger partial charge >= 0.3 is 5.97 Å². The summed E-state index contributed by atoms with van der Waals surface area (Å²) in [5.41, 5.74) is 4.08. The van der Waals surface area contributed by atoms with Gasteiger partial charge in [0.25, 0.3) is 5.91 Å². The number of rotatable bonds is 7. The Kier molecular flexibility index (Phi) is 6.18. The molecule has 1 aliphatic heterocycles. The minimum atomic E-state index is -3.55. The van der Waals surface area contributed by atoms with Crippen LogP contribution in [0.5, 0.6) is 0 Å². The molecule has 0 saturated heterocycles. The summed E-state index contributed by atoms with van der Waals surface area (Å²) < 4.78 is 26.2. The Hall–Kier alpha value is -3.65. The largest absolute Gasteiger partial charge is 0.480 e. The van der Waals surface area contributed by atoms with Crippen LogP contribution in [0.25, 0.3) is 11.1 Å². The summed E-state index contributed by atoms with van der Waals surface area (Å²) in [5.74, 6) is -1.50. The van der Waals surface area contributed by atoms with Crippen LogP contribution in [0, 0.1) is 5.92 Å². The van der Waals surface area contributed by atoms with Gasteiger partial charge in [-0.1, -0.05) is 50.2 Å². The van der Waals surface area contributed by atoms with Gasteiger partial charge in [-0.15, -0.1) is 0 Å². The number of carbonyl (C=O) groups excluding carboxylic acids is 1. The predicted octanol–water partition coefficient (Wildman–Crippen LogP) is 4.52. The zero-order chi connectivity index (χ0) is 24.6. The second kappa shape index (κ2) is 8.95. The molecule has 1 atom stereocenters. The standard InChI is InChI=1S/C26H26N2O5S/c1-17(2)24(26(30)31)27-16-20-15-19(11-14-23(20)25(27)29)18-9-12-22(13-10-18)28(34(3,32)33)21-7-5-4-6-8-21/h4-15,17,24H,16H2,1-3H3,(H,30,31)/t24-/m0/s1. The van der Waals surface area contributed by atoms with Crippen molar-refractivity contribution in [1.29, 1.82) is 0 Å². The van der Waals surface area contributed by atoms with Crippen molar-refractivity contribution < 1.29 is 23.1 Å². The van der Waals surface area contributed by atoms with E-state index in [1.807, 2.05) is 30.3 Å². The van der Waals surface area contributed by atoms with Crippen molar-refractivity contribution in [3.05, 3.63) is 83.9 Å². The van der Waals surface area contributed by atoms with E-state index in [9.17, 15) is 23.1 Å². The van der Waals surface area contributed by atoms with Crippen LogP contribution in [0.1, 0.15) is 29.8 Å². The highest BCUT2D eigenvalue weighted by atomic mass is 32.2. The molecule has 3 aromatic carbocycles. The fraction of sp³-hybridized carbons (Fsp3) is 0.231. The number of sulfonamides is 1. The van der Waals surface area contributed by atoms with E-state index in [0.717, 1.165) is 16.7 Å². The second-order valence-corrected chi connectivity index (χ2v) is 10.6. The number of hydrogen-bond donors (Lipinski definition) is 1. The van der Waals surface area contributed by atoms with Gasteiger partial charge in [0.2, 0.25) is 10.0 Å². The Morgan fingerprint density at radius 3 is 2.09 bits per heavy atom. The molecule has 176 valence electrons. The van der Waals surface area contributed by atoms with Gasteiger partial charge < -0.3 is 10.0 Å². The lowest BCUT2D eigenvalue weighted by molar-refractivity contribution is -0.144. The lowest BCUT2D eigenvalue weighted by Crippen LogP contribution is -2.44. The van der Waals surface area contributed by atoms with Crippen LogP contribution in [0.2, 0.25) is 0 Å². The highest BCUT2D eigenvalue weighted by molar-refractivity contribution is 7.92. The van der Waals surface area contributed by atoms with Crippen LogP contribution >= 0.6 is 0 Å². The summed E-state index contributed by atoms with van der Waals surface area (Å²) >= 11 is 0. The Morgan fingerprint density at radius 2 is 1.53 bits per heavy atom. The number of carbonyl (C=O) groups is 2. The molecule has 7 nitrogen and oxygen atoms in total. The molecule has 4 rings (SSSR count). The van der Waals surface area contributed by atoms with Gasteiger partial charge in [-0.3, -0.25) is 4.79 Å². The molecule has 1 aliphatic rings. The third-order valence-electron chi connectivity index (χ3n) is 5.91. The molecule has 1 amide bonds. The van der Waals surface area contributed by atoms with E-state index in [2.05, 4.69) is 0 Å². The van der Waals surface area contributed by atoms with Gasteiger partial charge in [0.05, 0.1) is 17.6 Å². The molecule has 0 radical (unpaired) electrons.